The second kappa shape index (κ2) is 8.44. The summed E-state index contributed by atoms with van der Waals surface area (Å²) in [4.78, 5) is 25.9. The SMILES string of the molecule is CC(C)(O)C(=O)N1CCC(c2ccc(NC(=O)Oc3ccccc3)cc2)CC1. The number of para-hydroxylation sites is 1. The van der Waals surface area contributed by atoms with Crippen molar-refractivity contribution in [2.45, 2.75) is 38.2 Å². The van der Waals surface area contributed by atoms with E-state index in [9.17, 15) is 14.7 Å². The maximum absolute atomic E-state index is 12.2. The molecule has 0 spiro atoms. The summed E-state index contributed by atoms with van der Waals surface area (Å²) < 4.78 is 5.22. The number of anilines is 1. The van der Waals surface area contributed by atoms with E-state index in [0.29, 0.717) is 30.4 Å². The molecule has 0 aliphatic carbocycles. The zero-order chi connectivity index (χ0) is 20.1. The number of carbonyl (C=O) groups is 2. The fraction of sp³-hybridized carbons (Fsp3) is 0.364. The Morgan fingerprint density at radius 1 is 1.04 bits per heavy atom. The van der Waals surface area contributed by atoms with Gasteiger partial charge in [-0.1, -0.05) is 30.3 Å². The van der Waals surface area contributed by atoms with E-state index in [1.807, 2.05) is 30.3 Å². The summed E-state index contributed by atoms with van der Waals surface area (Å²) in [5, 5.41) is 12.6. The van der Waals surface area contributed by atoms with Crippen LogP contribution in [0.3, 0.4) is 0 Å². The molecule has 1 saturated heterocycles. The summed E-state index contributed by atoms with van der Waals surface area (Å²) in [5.74, 6) is 0.627. The number of benzene rings is 2. The van der Waals surface area contributed by atoms with Crippen LogP contribution in [0.25, 0.3) is 0 Å². The highest BCUT2D eigenvalue weighted by Gasteiger charge is 2.32. The zero-order valence-electron chi connectivity index (χ0n) is 16.2. The van der Waals surface area contributed by atoms with Crippen molar-refractivity contribution < 1.29 is 19.4 Å². The molecule has 1 heterocycles. The highest BCUT2D eigenvalue weighted by Crippen LogP contribution is 2.29. The van der Waals surface area contributed by atoms with Crippen molar-refractivity contribution in [2.24, 2.45) is 0 Å². The standard InChI is InChI=1S/C22H26N2O4/c1-22(2,27)20(25)24-14-12-17(13-15-24)16-8-10-18(11-9-16)23-21(26)28-19-6-4-3-5-7-19/h3-11,17,27H,12-15H2,1-2H3,(H,23,26). The molecule has 2 N–H and O–H groups in total. The third-order valence-electron chi connectivity index (χ3n) is 4.89. The number of piperidine rings is 1. The summed E-state index contributed by atoms with van der Waals surface area (Å²) in [6.45, 7) is 4.32. The molecule has 6 nitrogen and oxygen atoms in total. The molecule has 2 amide bonds. The third-order valence-corrected chi connectivity index (χ3v) is 4.89. The number of likely N-dealkylation sites (tertiary alicyclic amines) is 1. The molecule has 2 aromatic rings. The Labute approximate surface area is 165 Å². The Morgan fingerprint density at radius 3 is 2.21 bits per heavy atom. The average molecular weight is 382 g/mol. The minimum atomic E-state index is -1.32. The van der Waals surface area contributed by atoms with Crippen LogP contribution in [-0.2, 0) is 4.79 Å². The van der Waals surface area contributed by atoms with Gasteiger partial charge in [0.2, 0.25) is 0 Å². The van der Waals surface area contributed by atoms with Gasteiger partial charge in [0, 0.05) is 18.8 Å². The summed E-state index contributed by atoms with van der Waals surface area (Å²) in [7, 11) is 0. The lowest BCUT2D eigenvalue weighted by atomic mass is 9.89. The largest absolute Gasteiger partial charge is 0.417 e. The average Bonchev–Trinajstić information content (AvgIpc) is 2.68. The first-order chi connectivity index (χ1) is 13.3. The monoisotopic (exact) mass is 382 g/mol. The lowest BCUT2D eigenvalue weighted by Crippen LogP contribution is -2.48. The molecular weight excluding hydrogens is 356 g/mol. The van der Waals surface area contributed by atoms with Crippen LogP contribution < -0.4 is 10.1 Å². The van der Waals surface area contributed by atoms with Crippen LogP contribution in [0.2, 0.25) is 0 Å². The Balaban J connectivity index is 1.52. The van der Waals surface area contributed by atoms with Crippen LogP contribution in [0.15, 0.2) is 54.6 Å². The molecule has 0 saturated carbocycles. The van der Waals surface area contributed by atoms with Gasteiger partial charge in [-0.2, -0.15) is 0 Å². The summed E-state index contributed by atoms with van der Waals surface area (Å²) in [5.41, 5.74) is 0.519. The maximum atomic E-state index is 12.2. The number of nitrogens with zero attached hydrogens (tertiary/aromatic N) is 1. The van der Waals surface area contributed by atoms with Gasteiger partial charge in [0.25, 0.3) is 5.91 Å². The van der Waals surface area contributed by atoms with E-state index >= 15 is 0 Å². The number of carbonyl (C=O) groups excluding carboxylic acids is 2. The Bertz CT molecular complexity index is 805. The minimum absolute atomic E-state index is 0.220. The summed E-state index contributed by atoms with van der Waals surface area (Å²) in [6.07, 6.45) is 1.17. The molecule has 0 aromatic heterocycles. The van der Waals surface area contributed by atoms with Crippen molar-refractivity contribution in [3.63, 3.8) is 0 Å². The van der Waals surface area contributed by atoms with E-state index in [0.717, 1.165) is 12.8 Å². The molecule has 0 unspecified atom stereocenters. The Morgan fingerprint density at radius 2 is 1.64 bits per heavy atom. The number of hydrogen-bond acceptors (Lipinski definition) is 4. The highest BCUT2D eigenvalue weighted by atomic mass is 16.6. The highest BCUT2D eigenvalue weighted by molar-refractivity contribution is 5.86. The quantitative estimate of drug-likeness (QED) is 0.844. The molecule has 28 heavy (non-hydrogen) atoms. The zero-order valence-corrected chi connectivity index (χ0v) is 16.2. The van der Waals surface area contributed by atoms with Gasteiger partial charge in [0.1, 0.15) is 11.4 Å². The van der Waals surface area contributed by atoms with Crippen molar-refractivity contribution in [1.82, 2.24) is 4.90 Å². The van der Waals surface area contributed by atoms with Gasteiger partial charge in [-0.3, -0.25) is 10.1 Å². The van der Waals surface area contributed by atoms with Crippen molar-refractivity contribution in [3.8, 4) is 5.75 Å². The first-order valence-corrected chi connectivity index (χ1v) is 9.48. The van der Waals surface area contributed by atoms with Gasteiger partial charge < -0.3 is 14.7 Å². The number of aliphatic hydroxyl groups is 1. The van der Waals surface area contributed by atoms with E-state index in [-0.39, 0.29) is 5.91 Å². The van der Waals surface area contributed by atoms with Gasteiger partial charge in [-0.25, -0.2) is 4.79 Å². The second-order valence-electron chi connectivity index (χ2n) is 7.58. The van der Waals surface area contributed by atoms with Gasteiger partial charge >= 0.3 is 6.09 Å². The molecule has 1 aliphatic heterocycles. The lowest BCUT2D eigenvalue weighted by molar-refractivity contribution is -0.148. The smallest absolute Gasteiger partial charge is 0.410 e. The lowest BCUT2D eigenvalue weighted by Gasteiger charge is -2.35. The van der Waals surface area contributed by atoms with Crippen LogP contribution >= 0.6 is 0 Å². The van der Waals surface area contributed by atoms with Crippen molar-refractivity contribution in [2.75, 3.05) is 18.4 Å². The Hall–Kier alpha value is -2.86. The van der Waals surface area contributed by atoms with Crippen molar-refractivity contribution in [1.29, 1.82) is 0 Å². The molecule has 0 radical (unpaired) electrons. The predicted octanol–water partition coefficient (Wildman–Crippen LogP) is 3.77. The fourth-order valence-electron chi connectivity index (χ4n) is 3.38. The van der Waals surface area contributed by atoms with Crippen LogP contribution in [0.5, 0.6) is 5.75 Å². The van der Waals surface area contributed by atoms with E-state index in [2.05, 4.69) is 5.32 Å². The maximum Gasteiger partial charge on any atom is 0.417 e. The molecule has 3 rings (SSSR count). The van der Waals surface area contributed by atoms with Crippen LogP contribution in [0.1, 0.15) is 38.2 Å². The molecular formula is C22H26N2O4. The predicted molar refractivity (Wildman–Crippen MR) is 107 cm³/mol. The molecule has 0 bridgehead atoms. The topological polar surface area (TPSA) is 78.9 Å². The van der Waals surface area contributed by atoms with E-state index in [1.54, 1.807) is 29.2 Å². The number of rotatable bonds is 4. The molecule has 6 heteroatoms. The van der Waals surface area contributed by atoms with E-state index in [1.165, 1.54) is 19.4 Å². The number of hydrogen-bond donors (Lipinski definition) is 2. The molecule has 1 aliphatic rings. The fourth-order valence-corrected chi connectivity index (χ4v) is 3.38. The van der Waals surface area contributed by atoms with Crippen molar-refractivity contribution >= 4 is 17.7 Å². The van der Waals surface area contributed by atoms with Gasteiger partial charge in [-0.15, -0.1) is 0 Å². The van der Waals surface area contributed by atoms with Crippen LogP contribution in [0.4, 0.5) is 10.5 Å². The van der Waals surface area contributed by atoms with Crippen LogP contribution in [-0.4, -0.2) is 40.7 Å². The Kier molecular flexibility index (Phi) is 5.99. The molecule has 2 aromatic carbocycles. The number of amides is 2. The first-order valence-electron chi connectivity index (χ1n) is 9.48. The van der Waals surface area contributed by atoms with Gasteiger partial charge in [-0.05, 0) is 62.4 Å². The second-order valence-corrected chi connectivity index (χ2v) is 7.58. The molecule has 0 atom stereocenters. The normalized spacial score (nSPS) is 15.2. The van der Waals surface area contributed by atoms with E-state index in [4.69, 9.17) is 4.74 Å². The number of nitrogens with one attached hydrogen (secondary N) is 1. The number of ether oxygens (including phenoxy) is 1. The van der Waals surface area contributed by atoms with Crippen molar-refractivity contribution in [3.05, 3.63) is 60.2 Å². The summed E-state index contributed by atoms with van der Waals surface area (Å²) in [6, 6.07) is 16.6. The summed E-state index contributed by atoms with van der Waals surface area (Å²) >= 11 is 0. The van der Waals surface area contributed by atoms with E-state index < -0.39 is 11.7 Å². The van der Waals surface area contributed by atoms with Crippen LogP contribution in [0, 0.1) is 0 Å². The van der Waals surface area contributed by atoms with Gasteiger partial charge in [0.05, 0.1) is 0 Å². The minimum Gasteiger partial charge on any atom is -0.410 e. The third kappa shape index (κ3) is 5.10. The molecule has 1 fully saturated rings. The first kappa shape index (κ1) is 19.9. The molecule has 148 valence electrons. The van der Waals surface area contributed by atoms with Gasteiger partial charge in [0.15, 0.2) is 0 Å².